The summed E-state index contributed by atoms with van der Waals surface area (Å²) in [6.45, 7) is 0. The molecule has 3 heterocycles. The van der Waals surface area contributed by atoms with E-state index in [2.05, 4.69) is 181 Å². The molecule has 3 nitrogen and oxygen atoms in total. The van der Waals surface area contributed by atoms with E-state index in [9.17, 15) is 0 Å². The highest BCUT2D eigenvalue weighted by atomic mass is 32.1. The largest absolute Gasteiger partial charge is 0.456 e. The normalized spacial score (nSPS) is 11.7. The summed E-state index contributed by atoms with van der Waals surface area (Å²) >= 11 is 3.57. The summed E-state index contributed by atoms with van der Waals surface area (Å²) in [5.74, 6) is 0. The molecule has 5 heteroatoms. The Morgan fingerprint density at radius 3 is 1.74 bits per heavy atom. The van der Waals surface area contributed by atoms with Crippen molar-refractivity contribution in [1.82, 2.24) is 4.98 Å². The predicted octanol–water partition coefficient (Wildman–Crippen LogP) is 15.0. The monoisotopic (exact) mass is 726 g/mol. The van der Waals surface area contributed by atoms with Gasteiger partial charge in [0.05, 0.1) is 15.6 Å². The van der Waals surface area contributed by atoms with Crippen molar-refractivity contribution < 1.29 is 4.42 Å². The number of benzene rings is 8. The third kappa shape index (κ3) is 5.20. The molecular formula is C49H30N2OS2. The van der Waals surface area contributed by atoms with Crippen LogP contribution in [0.2, 0.25) is 0 Å². The second-order valence-electron chi connectivity index (χ2n) is 13.6. The maximum atomic E-state index is 6.36. The molecule has 0 atom stereocenters. The summed E-state index contributed by atoms with van der Waals surface area (Å²) in [5, 5.41) is 5.77. The zero-order valence-corrected chi connectivity index (χ0v) is 30.6. The number of thiazole rings is 1. The SMILES string of the molecule is c1ccc(-c2ccc(N(c3ccc(-c4ccc5oc6ccc7sc(-c8ccccc8)nc7c6c5c4)cc3)c3ccc4c(c3)sc3ccccc34)cc2)cc1. The molecule has 0 N–H and O–H groups in total. The molecule has 0 spiro atoms. The third-order valence-electron chi connectivity index (χ3n) is 10.3. The first kappa shape index (κ1) is 31.0. The van der Waals surface area contributed by atoms with E-state index >= 15 is 0 Å². The first-order chi connectivity index (χ1) is 26.7. The van der Waals surface area contributed by atoms with E-state index in [0.29, 0.717) is 0 Å². The number of hydrogen-bond donors (Lipinski definition) is 0. The fraction of sp³-hybridized carbons (Fsp3) is 0. The lowest BCUT2D eigenvalue weighted by Crippen LogP contribution is -2.09. The van der Waals surface area contributed by atoms with Gasteiger partial charge in [0.1, 0.15) is 16.2 Å². The van der Waals surface area contributed by atoms with Crippen molar-refractivity contribution in [2.75, 3.05) is 4.90 Å². The van der Waals surface area contributed by atoms with Crippen LogP contribution in [-0.4, -0.2) is 4.98 Å². The van der Waals surface area contributed by atoms with Crippen LogP contribution in [0.15, 0.2) is 186 Å². The highest BCUT2D eigenvalue weighted by molar-refractivity contribution is 7.25. The molecule has 0 aliphatic rings. The standard InChI is InChI=1S/C49H30N2OS2/c1-3-9-31(10-4-1)32-15-20-36(21-16-32)51(38-24-25-40-39-13-7-8-14-44(39)53-46(40)30-38)37-22-17-33(18-23-37)35-19-26-42-41(29-35)47-43(52-42)27-28-45-48(47)50-49(54-45)34-11-5-2-6-12-34/h1-30H. The number of furan rings is 1. The van der Waals surface area contributed by atoms with E-state index in [1.165, 1.54) is 31.3 Å². The molecule has 0 saturated carbocycles. The summed E-state index contributed by atoms with van der Waals surface area (Å²) in [6.07, 6.45) is 0. The fourth-order valence-electron chi connectivity index (χ4n) is 7.67. The van der Waals surface area contributed by atoms with Crippen molar-refractivity contribution in [1.29, 1.82) is 0 Å². The lowest BCUT2D eigenvalue weighted by atomic mass is 10.0. The molecule has 0 bridgehead atoms. The van der Waals surface area contributed by atoms with Crippen LogP contribution in [0.5, 0.6) is 0 Å². The maximum absolute atomic E-state index is 6.36. The van der Waals surface area contributed by atoms with Gasteiger partial charge in [0.25, 0.3) is 0 Å². The maximum Gasteiger partial charge on any atom is 0.137 e. The van der Waals surface area contributed by atoms with Crippen LogP contribution in [0, 0.1) is 0 Å². The second kappa shape index (κ2) is 12.6. The minimum Gasteiger partial charge on any atom is -0.456 e. The van der Waals surface area contributed by atoms with Crippen molar-refractivity contribution in [2.45, 2.75) is 0 Å². The van der Waals surface area contributed by atoms with Gasteiger partial charge in [-0.3, -0.25) is 0 Å². The lowest BCUT2D eigenvalue weighted by molar-refractivity contribution is 0.669. The number of aromatic nitrogens is 1. The number of hydrogen-bond acceptors (Lipinski definition) is 5. The Hall–Kier alpha value is -6.53. The quantitative estimate of drug-likeness (QED) is 0.171. The summed E-state index contributed by atoms with van der Waals surface area (Å²) in [5.41, 5.74) is 11.9. The van der Waals surface area contributed by atoms with E-state index in [0.717, 1.165) is 70.9 Å². The van der Waals surface area contributed by atoms with Crippen molar-refractivity contribution in [3.63, 3.8) is 0 Å². The average Bonchev–Trinajstić information content (AvgIpc) is 3.95. The van der Waals surface area contributed by atoms with Gasteiger partial charge < -0.3 is 9.32 Å². The minimum absolute atomic E-state index is 0.861. The van der Waals surface area contributed by atoms with Crippen molar-refractivity contribution in [3.05, 3.63) is 182 Å². The van der Waals surface area contributed by atoms with Gasteiger partial charge in [-0.2, -0.15) is 0 Å². The van der Waals surface area contributed by atoms with Gasteiger partial charge in [-0.05, 0) is 89.0 Å². The first-order valence-electron chi connectivity index (χ1n) is 18.0. The predicted molar refractivity (Wildman–Crippen MR) is 231 cm³/mol. The first-order valence-corrected chi connectivity index (χ1v) is 19.7. The molecule has 54 heavy (non-hydrogen) atoms. The third-order valence-corrected chi connectivity index (χ3v) is 12.5. The number of fused-ring (bicyclic) bond motifs is 8. The average molecular weight is 727 g/mol. The Bertz CT molecular complexity index is 3140. The Kier molecular flexibility index (Phi) is 7.22. The van der Waals surface area contributed by atoms with Crippen LogP contribution in [-0.2, 0) is 0 Å². The van der Waals surface area contributed by atoms with Gasteiger partial charge in [-0.15, -0.1) is 22.7 Å². The van der Waals surface area contributed by atoms with Crippen LogP contribution < -0.4 is 4.90 Å². The van der Waals surface area contributed by atoms with Gasteiger partial charge in [0.15, 0.2) is 0 Å². The van der Waals surface area contributed by atoms with E-state index in [1.807, 2.05) is 17.4 Å². The molecule has 0 fully saturated rings. The molecule has 0 amide bonds. The number of anilines is 3. The Morgan fingerprint density at radius 2 is 0.981 bits per heavy atom. The zero-order chi connectivity index (χ0) is 35.6. The van der Waals surface area contributed by atoms with Crippen molar-refractivity contribution in [2.24, 2.45) is 0 Å². The molecule has 0 radical (unpaired) electrons. The van der Waals surface area contributed by atoms with Crippen molar-refractivity contribution >= 4 is 92.1 Å². The molecule has 254 valence electrons. The highest BCUT2D eigenvalue weighted by Crippen LogP contribution is 2.43. The Balaban J connectivity index is 1.00. The summed E-state index contributed by atoms with van der Waals surface area (Å²) < 4.78 is 10.1. The van der Waals surface area contributed by atoms with Crippen molar-refractivity contribution in [3.8, 4) is 32.8 Å². The van der Waals surface area contributed by atoms with Gasteiger partial charge in [0, 0.05) is 48.2 Å². The van der Waals surface area contributed by atoms with Gasteiger partial charge in [0.2, 0.25) is 0 Å². The lowest BCUT2D eigenvalue weighted by Gasteiger charge is -2.26. The Labute approximate surface area is 319 Å². The molecule has 0 aliphatic heterocycles. The highest BCUT2D eigenvalue weighted by Gasteiger charge is 2.18. The van der Waals surface area contributed by atoms with Gasteiger partial charge >= 0.3 is 0 Å². The molecule has 0 saturated heterocycles. The summed E-state index contributed by atoms with van der Waals surface area (Å²) in [4.78, 5) is 7.49. The number of rotatable bonds is 6. The minimum atomic E-state index is 0.861. The van der Waals surface area contributed by atoms with Crippen LogP contribution in [0.3, 0.4) is 0 Å². The van der Waals surface area contributed by atoms with Gasteiger partial charge in [-0.25, -0.2) is 4.98 Å². The van der Waals surface area contributed by atoms with E-state index in [1.54, 1.807) is 11.3 Å². The molecular weight excluding hydrogens is 697 g/mol. The van der Waals surface area contributed by atoms with Crippen LogP contribution >= 0.6 is 22.7 Å². The van der Waals surface area contributed by atoms with E-state index in [4.69, 9.17) is 9.40 Å². The number of thiophene rings is 1. The second-order valence-corrected chi connectivity index (χ2v) is 15.7. The molecule has 0 unspecified atom stereocenters. The molecule has 3 aromatic heterocycles. The molecule has 11 aromatic rings. The molecule has 8 aromatic carbocycles. The topological polar surface area (TPSA) is 29.3 Å². The zero-order valence-electron chi connectivity index (χ0n) is 28.9. The summed E-state index contributed by atoms with van der Waals surface area (Å²) in [7, 11) is 0. The molecule has 11 rings (SSSR count). The summed E-state index contributed by atoms with van der Waals surface area (Å²) in [6, 6.07) is 65.0. The van der Waals surface area contributed by atoms with E-state index < -0.39 is 0 Å². The van der Waals surface area contributed by atoms with E-state index in [-0.39, 0.29) is 0 Å². The number of nitrogens with zero attached hydrogens (tertiary/aromatic N) is 2. The fourth-order valence-corrected chi connectivity index (χ4v) is 9.79. The Morgan fingerprint density at radius 1 is 0.389 bits per heavy atom. The molecule has 0 aliphatic carbocycles. The van der Waals surface area contributed by atoms with Crippen LogP contribution in [0.1, 0.15) is 0 Å². The smallest absolute Gasteiger partial charge is 0.137 e. The van der Waals surface area contributed by atoms with Crippen LogP contribution in [0.25, 0.3) is 85.2 Å². The van der Waals surface area contributed by atoms with Gasteiger partial charge in [-0.1, -0.05) is 115 Å². The van der Waals surface area contributed by atoms with Crippen LogP contribution in [0.4, 0.5) is 17.1 Å².